The Morgan fingerprint density at radius 3 is 1.82 bits per heavy atom. The molecular weight excluding hydrogens is 352 g/mol. The number of benzene rings is 3. The molecule has 1 unspecified atom stereocenters. The molecule has 1 N–H and O–H groups in total. The lowest BCUT2D eigenvalue weighted by molar-refractivity contribution is -0.133. The summed E-state index contributed by atoms with van der Waals surface area (Å²) in [5, 5.41) is 4.35. The normalized spacial score (nSPS) is 17.0. The van der Waals surface area contributed by atoms with Crippen molar-refractivity contribution >= 4 is 23.3 Å². The highest BCUT2D eigenvalue weighted by Gasteiger charge is 2.42. The van der Waals surface area contributed by atoms with E-state index in [1.54, 1.807) is 0 Å². The molecule has 1 aliphatic heterocycles. The second-order valence-corrected chi connectivity index (χ2v) is 6.41. The van der Waals surface area contributed by atoms with Crippen LogP contribution in [0.2, 0.25) is 0 Å². The Balaban J connectivity index is 1.86. The Labute approximate surface area is 163 Å². The van der Waals surface area contributed by atoms with Crippen molar-refractivity contribution < 1.29 is 9.59 Å². The summed E-state index contributed by atoms with van der Waals surface area (Å²) in [5.74, 6) is -0.244. The summed E-state index contributed by atoms with van der Waals surface area (Å²) in [6, 6.07) is 27.7. The molecule has 0 aromatic heterocycles. The highest BCUT2D eigenvalue weighted by atomic mass is 16.2. The van der Waals surface area contributed by atoms with Gasteiger partial charge in [0.05, 0.1) is 11.4 Å². The second-order valence-electron chi connectivity index (χ2n) is 6.41. The predicted octanol–water partition coefficient (Wildman–Crippen LogP) is 4.10. The van der Waals surface area contributed by atoms with Crippen molar-refractivity contribution in [2.24, 2.45) is 0 Å². The maximum atomic E-state index is 13.4. The summed E-state index contributed by atoms with van der Waals surface area (Å²) in [6.07, 6.45) is -0.545. The van der Waals surface area contributed by atoms with E-state index in [0.29, 0.717) is 11.4 Å². The number of nitrogens with one attached hydrogen (secondary N) is 1. The molecule has 3 amide bonds. The van der Waals surface area contributed by atoms with Gasteiger partial charge in [-0.2, -0.15) is 10.4 Å². The molecule has 4 rings (SSSR count). The quantitative estimate of drug-likeness (QED) is 0.753. The van der Waals surface area contributed by atoms with Crippen molar-refractivity contribution in [1.29, 1.82) is 0 Å². The third kappa shape index (κ3) is 3.21. The van der Waals surface area contributed by atoms with Gasteiger partial charge in [0.1, 0.15) is 6.17 Å². The van der Waals surface area contributed by atoms with Gasteiger partial charge in [-0.25, -0.2) is 14.8 Å². The summed E-state index contributed by atoms with van der Waals surface area (Å²) in [7, 11) is 0. The van der Waals surface area contributed by atoms with E-state index in [-0.39, 0.29) is 11.9 Å². The lowest BCUT2D eigenvalue weighted by Crippen LogP contribution is -2.68. The van der Waals surface area contributed by atoms with Crippen LogP contribution in [0.3, 0.4) is 0 Å². The number of carbonyl (C=O) groups is 2. The van der Waals surface area contributed by atoms with Gasteiger partial charge < -0.3 is 0 Å². The van der Waals surface area contributed by atoms with E-state index < -0.39 is 6.17 Å². The van der Waals surface area contributed by atoms with Crippen LogP contribution in [-0.2, 0) is 4.79 Å². The van der Waals surface area contributed by atoms with Crippen molar-refractivity contribution in [3.63, 3.8) is 0 Å². The molecule has 0 saturated carbocycles. The van der Waals surface area contributed by atoms with Gasteiger partial charge in [-0.05, 0) is 29.8 Å². The number of amides is 3. The zero-order chi connectivity index (χ0) is 19.5. The highest BCUT2D eigenvalue weighted by Crippen LogP contribution is 2.32. The van der Waals surface area contributed by atoms with Crippen LogP contribution in [0.4, 0.5) is 16.2 Å². The number of rotatable bonds is 3. The Hall–Kier alpha value is -3.64. The van der Waals surface area contributed by atoms with Crippen molar-refractivity contribution in [3.8, 4) is 0 Å². The van der Waals surface area contributed by atoms with Crippen LogP contribution in [-0.4, -0.2) is 16.9 Å². The number of urea groups is 1. The molecule has 28 heavy (non-hydrogen) atoms. The average Bonchev–Trinajstić information content (AvgIpc) is 2.75. The monoisotopic (exact) mass is 372 g/mol. The van der Waals surface area contributed by atoms with Crippen LogP contribution in [0.1, 0.15) is 18.7 Å². The Kier molecular flexibility index (Phi) is 4.78. The smallest absolute Gasteiger partial charge is 0.273 e. The summed E-state index contributed by atoms with van der Waals surface area (Å²) in [6.45, 7) is 1.46. The van der Waals surface area contributed by atoms with Crippen molar-refractivity contribution in [3.05, 3.63) is 96.6 Å². The van der Waals surface area contributed by atoms with Gasteiger partial charge in [0.2, 0.25) is 5.91 Å². The number of carbonyl (C=O) groups excluding carboxylic acids is 2. The van der Waals surface area contributed by atoms with E-state index in [0.717, 1.165) is 5.56 Å². The van der Waals surface area contributed by atoms with Gasteiger partial charge in [-0.1, -0.05) is 66.7 Å². The van der Waals surface area contributed by atoms with Crippen molar-refractivity contribution in [1.82, 2.24) is 10.4 Å². The topological polar surface area (TPSA) is 55.9 Å². The molecule has 1 fully saturated rings. The van der Waals surface area contributed by atoms with E-state index in [2.05, 4.69) is 5.43 Å². The first-order valence-corrected chi connectivity index (χ1v) is 9.02. The maximum Gasteiger partial charge on any atom is 0.362 e. The largest absolute Gasteiger partial charge is 0.362 e. The van der Waals surface area contributed by atoms with Gasteiger partial charge in [0.15, 0.2) is 0 Å². The van der Waals surface area contributed by atoms with Crippen LogP contribution in [0, 0.1) is 0 Å². The Morgan fingerprint density at radius 2 is 1.29 bits per heavy atom. The van der Waals surface area contributed by atoms with E-state index in [1.165, 1.54) is 22.0 Å². The summed E-state index contributed by atoms with van der Waals surface area (Å²) >= 11 is 0. The first-order valence-electron chi connectivity index (χ1n) is 9.02. The zero-order valence-electron chi connectivity index (χ0n) is 15.4. The first-order chi connectivity index (χ1) is 13.7. The summed E-state index contributed by atoms with van der Waals surface area (Å²) in [4.78, 5) is 26.0. The fraction of sp³-hybridized carbons (Fsp3) is 0.0909. The standard InChI is InChI=1S/C22H20N4O2/c1-17(27)25-21(18-11-5-2-6-12-18)23-24(19-13-7-3-8-14-19)22(28)26(25)20-15-9-4-10-16-20/h2-16,21,23H,1H3. The fourth-order valence-electron chi connectivity index (χ4n) is 3.27. The molecule has 0 spiro atoms. The molecule has 1 atom stereocenters. The average molecular weight is 372 g/mol. The molecule has 0 radical (unpaired) electrons. The van der Waals surface area contributed by atoms with Crippen LogP contribution in [0.5, 0.6) is 0 Å². The van der Waals surface area contributed by atoms with Crippen LogP contribution >= 0.6 is 0 Å². The summed E-state index contributed by atoms with van der Waals surface area (Å²) < 4.78 is 0. The minimum Gasteiger partial charge on any atom is -0.273 e. The third-order valence-electron chi connectivity index (χ3n) is 4.54. The van der Waals surface area contributed by atoms with Gasteiger partial charge in [0.25, 0.3) is 0 Å². The number of hydrogen-bond donors (Lipinski definition) is 1. The van der Waals surface area contributed by atoms with Crippen molar-refractivity contribution in [2.75, 3.05) is 10.0 Å². The molecule has 6 heteroatoms. The molecule has 3 aromatic rings. The molecule has 1 aliphatic rings. The highest BCUT2D eigenvalue weighted by molar-refractivity contribution is 6.05. The second kappa shape index (κ2) is 7.54. The van der Waals surface area contributed by atoms with Crippen LogP contribution in [0.15, 0.2) is 91.0 Å². The SMILES string of the molecule is CC(=O)N1C(c2ccccc2)NN(c2ccccc2)C(=O)N1c1ccccc1. The Bertz CT molecular complexity index is 964. The lowest BCUT2D eigenvalue weighted by atomic mass is 10.1. The van der Waals surface area contributed by atoms with E-state index in [9.17, 15) is 9.59 Å². The molecule has 3 aromatic carbocycles. The maximum absolute atomic E-state index is 13.4. The number of hydrogen-bond acceptors (Lipinski definition) is 3. The van der Waals surface area contributed by atoms with Gasteiger partial charge >= 0.3 is 6.03 Å². The van der Waals surface area contributed by atoms with Crippen LogP contribution in [0.25, 0.3) is 0 Å². The van der Waals surface area contributed by atoms with E-state index in [1.807, 2.05) is 91.0 Å². The third-order valence-corrected chi connectivity index (χ3v) is 4.54. The predicted molar refractivity (Wildman–Crippen MR) is 108 cm³/mol. The summed E-state index contributed by atoms with van der Waals surface area (Å²) in [5.41, 5.74) is 5.39. The molecule has 6 nitrogen and oxygen atoms in total. The minimum atomic E-state index is -0.545. The van der Waals surface area contributed by atoms with Crippen LogP contribution < -0.4 is 15.4 Å². The molecule has 1 saturated heterocycles. The number of hydrazine groups is 2. The van der Waals surface area contributed by atoms with Gasteiger partial charge in [-0.3, -0.25) is 4.79 Å². The van der Waals surface area contributed by atoms with Gasteiger partial charge in [-0.15, -0.1) is 0 Å². The van der Waals surface area contributed by atoms with Gasteiger partial charge in [0, 0.05) is 6.92 Å². The molecule has 1 heterocycles. The first kappa shape index (κ1) is 17.8. The molecule has 0 bridgehead atoms. The van der Waals surface area contributed by atoms with E-state index in [4.69, 9.17) is 0 Å². The zero-order valence-corrected chi connectivity index (χ0v) is 15.4. The number of nitrogens with zero attached hydrogens (tertiary/aromatic N) is 3. The molecule has 0 aliphatic carbocycles. The van der Waals surface area contributed by atoms with Crippen molar-refractivity contribution in [2.45, 2.75) is 13.1 Å². The van der Waals surface area contributed by atoms with E-state index >= 15 is 0 Å². The number of anilines is 2. The Morgan fingerprint density at radius 1 is 0.786 bits per heavy atom. The molecular formula is C22H20N4O2. The minimum absolute atomic E-state index is 0.244. The fourth-order valence-corrected chi connectivity index (χ4v) is 3.27. The number of para-hydroxylation sites is 2. The lowest BCUT2D eigenvalue weighted by Gasteiger charge is -2.48. The molecule has 140 valence electrons.